The molecule has 1 aliphatic heterocycles. The minimum Gasteiger partial charge on any atom is -0.325 e. The first-order valence-electron chi connectivity index (χ1n) is 5.14. The number of nitrogens with zero attached hydrogens (tertiary/aromatic N) is 1. The number of hydrogen-bond donors (Lipinski definition) is 0. The van der Waals surface area contributed by atoms with Gasteiger partial charge in [-0.3, -0.25) is 4.79 Å². The van der Waals surface area contributed by atoms with E-state index < -0.39 is 21.0 Å². The van der Waals surface area contributed by atoms with E-state index in [0.29, 0.717) is 5.56 Å². The van der Waals surface area contributed by atoms with Crippen molar-refractivity contribution in [3.05, 3.63) is 35.6 Å². The van der Waals surface area contributed by atoms with Crippen LogP contribution in [0, 0.1) is 5.82 Å². The van der Waals surface area contributed by atoms with Crippen LogP contribution in [0.25, 0.3) is 0 Å². The van der Waals surface area contributed by atoms with Gasteiger partial charge in [-0.1, -0.05) is 12.1 Å². The molecule has 0 aromatic heterocycles. The van der Waals surface area contributed by atoms with Crippen LogP contribution in [0.5, 0.6) is 0 Å². The molecule has 0 bridgehead atoms. The first-order valence-corrected chi connectivity index (χ1v) is 6.86. The van der Waals surface area contributed by atoms with Gasteiger partial charge in [-0.15, -0.1) is 0 Å². The summed E-state index contributed by atoms with van der Waals surface area (Å²) in [5.41, 5.74) is 0.292. The maximum absolute atomic E-state index is 13.1. The zero-order valence-electron chi connectivity index (χ0n) is 9.26. The van der Waals surface area contributed by atoms with Crippen LogP contribution in [0.4, 0.5) is 4.39 Å². The highest BCUT2D eigenvalue weighted by Gasteiger charge is 2.38. The van der Waals surface area contributed by atoms with Gasteiger partial charge in [0.25, 0.3) is 0 Å². The highest BCUT2D eigenvalue weighted by atomic mass is 32.2. The molecule has 6 heteroatoms. The van der Waals surface area contributed by atoms with Crippen LogP contribution in [-0.2, 0) is 14.6 Å². The lowest BCUT2D eigenvalue weighted by atomic mass is 10.2. The Balaban J connectivity index is 2.50. The zero-order chi connectivity index (χ0) is 12.6. The largest absolute Gasteiger partial charge is 0.325 e. The molecule has 1 heterocycles. The summed E-state index contributed by atoms with van der Waals surface area (Å²) in [5.74, 6) is -0.935. The average Bonchev–Trinajstić information content (AvgIpc) is 2.24. The van der Waals surface area contributed by atoms with E-state index in [1.54, 1.807) is 0 Å². The highest BCUT2D eigenvalue weighted by molar-refractivity contribution is 7.91. The van der Waals surface area contributed by atoms with E-state index >= 15 is 0 Å². The van der Waals surface area contributed by atoms with Crippen LogP contribution in [0.3, 0.4) is 0 Å². The summed E-state index contributed by atoms with van der Waals surface area (Å²) >= 11 is 0. The van der Waals surface area contributed by atoms with Gasteiger partial charge in [-0.05, 0) is 17.7 Å². The quantitative estimate of drug-likeness (QED) is 0.757. The second kappa shape index (κ2) is 4.10. The van der Waals surface area contributed by atoms with Crippen molar-refractivity contribution in [2.75, 3.05) is 12.8 Å². The summed E-state index contributed by atoms with van der Waals surface area (Å²) < 4.78 is 37.0. The predicted molar refractivity (Wildman–Crippen MR) is 60.3 cm³/mol. The number of hydrogen-bond acceptors (Lipinski definition) is 3. The lowest BCUT2D eigenvalue weighted by Crippen LogP contribution is -2.42. The number of benzene rings is 1. The number of carbonyl (C=O) groups is 1. The SMILES string of the molecule is CN1C(=O)CCS(=O)(=O)C1c1cccc(F)c1. The highest BCUT2D eigenvalue weighted by Crippen LogP contribution is 2.31. The van der Waals surface area contributed by atoms with Crippen molar-refractivity contribution in [2.45, 2.75) is 11.8 Å². The first-order chi connectivity index (χ1) is 7.92. The molecule has 1 saturated heterocycles. The number of amides is 1. The molecule has 2 rings (SSSR count). The summed E-state index contributed by atoms with van der Waals surface area (Å²) in [6.07, 6.45) is -0.00928. The van der Waals surface area contributed by atoms with Crippen LogP contribution in [0.1, 0.15) is 17.4 Å². The molecule has 92 valence electrons. The molecule has 1 fully saturated rings. The van der Waals surface area contributed by atoms with Gasteiger partial charge >= 0.3 is 0 Å². The summed E-state index contributed by atoms with van der Waals surface area (Å²) in [6.45, 7) is 0. The minimum absolute atomic E-state index is 0.00928. The van der Waals surface area contributed by atoms with E-state index in [-0.39, 0.29) is 18.1 Å². The Kier molecular flexibility index (Phi) is 2.91. The second-order valence-corrected chi connectivity index (χ2v) is 6.21. The molecule has 17 heavy (non-hydrogen) atoms. The summed E-state index contributed by atoms with van der Waals surface area (Å²) in [4.78, 5) is 12.7. The second-order valence-electron chi connectivity index (χ2n) is 4.03. The fraction of sp³-hybridized carbons (Fsp3) is 0.364. The molecule has 1 aromatic rings. The third-order valence-electron chi connectivity index (χ3n) is 2.82. The monoisotopic (exact) mass is 257 g/mol. The Morgan fingerprint density at radius 3 is 2.76 bits per heavy atom. The van der Waals surface area contributed by atoms with E-state index in [9.17, 15) is 17.6 Å². The van der Waals surface area contributed by atoms with Crippen molar-refractivity contribution in [3.63, 3.8) is 0 Å². The molecule has 1 aliphatic rings. The number of carbonyl (C=O) groups excluding carboxylic acids is 1. The van der Waals surface area contributed by atoms with Crippen molar-refractivity contribution >= 4 is 15.7 Å². The van der Waals surface area contributed by atoms with Crippen LogP contribution in [0.15, 0.2) is 24.3 Å². The first kappa shape index (κ1) is 12.0. The molecule has 4 nitrogen and oxygen atoms in total. The molecule has 1 unspecified atom stereocenters. The van der Waals surface area contributed by atoms with Gasteiger partial charge in [-0.25, -0.2) is 12.8 Å². The van der Waals surface area contributed by atoms with Crippen molar-refractivity contribution < 1.29 is 17.6 Å². The molecule has 1 atom stereocenters. The van der Waals surface area contributed by atoms with Gasteiger partial charge in [0.1, 0.15) is 5.82 Å². The van der Waals surface area contributed by atoms with Crippen LogP contribution < -0.4 is 0 Å². The number of halogens is 1. The Morgan fingerprint density at radius 2 is 2.12 bits per heavy atom. The lowest BCUT2D eigenvalue weighted by Gasteiger charge is -2.32. The molecule has 0 N–H and O–H groups in total. The van der Waals surface area contributed by atoms with Gasteiger partial charge in [0.15, 0.2) is 15.2 Å². The molecular weight excluding hydrogens is 245 g/mol. The lowest BCUT2D eigenvalue weighted by molar-refractivity contribution is -0.130. The van der Waals surface area contributed by atoms with E-state index in [1.807, 2.05) is 0 Å². The van der Waals surface area contributed by atoms with Gasteiger partial charge in [0.2, 0.25) is 5.91 Å². The maximum atomic E-state index is 13.1. The number of rotatable bonds is 1. The van der Waals surface area contributed by atoms with Crippen LogP contribution in [0.2, 0.25) is 0 Å². The Hall–Kier alpha value is -1.43. The van der Waals surface area contributed by atoms with E-state index in [2.05, 4.69) is 0 Å². The molecular formula is C11H12FNO3S. The van der Waals surface area contributed by atoms with Crippen LogP contribution in [-0.4, -0.2) is 32.0 Å². The molecule has 0 spiro atoms. The Bertz CT molecular complexity index is 556. The fourth-order valence-corrected chi connectivity index (χ4v) is 3.82. The zero-order valence-corrected chi connectivity index (χ0v) is 10.1. The van der Waals surface area contributed by atoms with Crippen molar-refractivity contribution in [3.8, 4) is 0 Å². The molecule has 1 aromatic carbocycles. The van der Waals surface area contributed by atoms with Crippen molar-refractivity contribution in [2.24, 2.45) is 0 Å². The van der Waals surface area contributed by atoms with E-state index in [0.717, 1.165) is 11.0 Å². The number of sulfone groups is 1. The predicted octanol–water partition coefficient (Wildman–Crippen LogP) is 1.10. The van der Waals surface area contributed by atoms with Crippen LogP contribution >= 0.6 is 0 Å². The smallest absolute Gasteiger partial charge is 0.224 e. The van der Waals surface area contributed by atoms with Gasteiger partial charge in [0, 0.05) is 13.5 Å². The third kappa shape index (κ3) is 2.17. The van der Waals surface area contributed by atoms with Gasteiger partial charge in [0.05, 0.1) is 5.75 Å². The van der Waals surface area contributed by atoms with E-state index in [4.69, 9.17) is 0 Å². The molecule has 0 radical (unpaired) electrons. The van der Waals surface area contributed by atoms with Gasteiger partial charge in [-0.2, -0.15) is 0 Å². The van der Waals surface area contributed by atoms with Gasteiger partial charge < -0.3 is 4.90 Å². The summed E-state index contributed by atoms with van der Waals surface area (Å²) in [5, 5.41) is -1.07. The topological polar surface area (TPSA) is 54.5 Å². The molecule has 0 saturated carbocycles. The maximum Gasteiger partial charge on any atom is 0.224 e. The normalized spacial score (nSPS) is 23.8. The van der Waals surface area contributed by atoms with Crippen molar-refractivity contribution in [1.82, 2.24) is 4.90 Å². The summed E-state index contributed by atoms with van der Waals surface area (Å²) in [6, 6.07) is 5.34. The third-order valence-corrected chi connectivity index (χ3v) is 4.86. The fourth-order valence-electron chi connectivity index (χ4n) is 1.98. The standard InChI is InChI=1S/C11H12FNO3S/c1-13-10(14)5-6-17(15,16)11(13)8-3-2-4-9(12)7-8/h2-4,7,11H,5-6H2,1H3. The molecule has 0 aliphatic carbocycles. The molecule has 1 amide bonds. The Morgan fingerprint density at radius 1 is 1.41 bits per heavy atom. The average molecular weight is 257 g/mol. The Labute approximate surface area is 99.0 Å². The minimum atomic E-state index is -3.44. The van der Waals surface area contributed by atoms with Crippen molar-refractivity contribution in [1.29, 1.82) is 0 Å². The summed E-state index contributed by atoms with van der Waals surface area (Å²) in [7, 11) is -2.01. The van der Waals surface area contributed by atoms with E-state index in [1.165, 1.54) is 25.2 Å².